The van der Waals surface area contributed by atoms with Crippen molar-refractivity contribution in [1.82, 2.24) is 9.55 Å². The van der Waals surface area contributed by atoms with E-state index in [0.29, 0.717) is 6.42 Å². The maximum atomic E-state index is 11.6. The van der Waals surface area contributed by atoms with Gasteiger partial charge in [-0.15, -0.1) is 13.2 Å². The molecule has 0 saturated carbocycles. The Morgan fingerprint density at radius 2 is 2.21 bits per heavy atom. The van der Waals surface area contributed by atoms with Gasteiger partial charge in [-0.2, -0.15) is 0 Å². The molecule has 0 atom stereocenters. The fourth-order valence-electron chi connectivity index (χ4n) is 1.12. The standard InChI is InChI=1S/C8H11F3N2O/c1-2-7-12-3-4-13(7)5-6-14-8(9,10)11/h3-4H,2,5-6H2,1H3. The van der Waals surface area contributed by atoms with Gasteiger partial charge in [-0.1, -0.05) is 6.92 Å². The van der Waals surface area contributed by atoms with Gasteiger partial charge in [0.2, 0.25) is 0 Å². The summed E-state index contributed by atoms with van der Waals surface area (Å²) in [5, 5.41) is 0. The summed E-state index contributed by atoms with van der Waals surface area (Å²) in [5.74, 6) is 0.760. The van der Waals surface area contributed by atoms with E-state index in [1.807, 2.05) is 6.92 Å². The van der Waals surface area contributed by atoms with E-state index < -0.39 is 6.36 Å². The van der Waals surface area contributed by atoms with Crippen LogP contribution in [0.3, 0.4) is 0 Å². The number of aryl methyl sites for hydroxylation is 1. The van der Waals surface area contributed by atoms with E-state index in [0.717, 1.165) is 5.82 Å². The lowest BCUT2D eigenvalue weighted by molar-refractivity contribution is -0.325. The van der Waals surface area contributed by atoms with E-state index in [-0.39, 0.29) is 13.2 Å². The second kappa shape index (κ2) is 4.45. The Bertz CT molecular complexity index is 282. The van der Waals surface area contributed by atoms with Crippen LogP contribution in [0.2, 0.25) is 0 Å². The Kier molecular flexibility index (Phi) is 3.51. The van der Waals surface area contributed by atoms with Gasteiger partial charge >= 0.3 is 6.36 Å². The molecule has 3 nitrogen and oxygen atoms in total. The molecule has 1 aromatic rings. The smallest absolute Gasteiger partial charge is 0.333 e. The van der Waals surface area contributed by atoms with Crippen LogP contribution in [0.15, 0.2) is 12.4 Å². The second-order valence-electron chi connectivity index (χ2n) is 2.68. The number of halogens is 3. The van der Waals surface area contributed by atoms with Gasteiger partial charge in [-0.05, 0) is 0 Å². The van der Waals surface area contributed by atoms with Crippen molar-refractivity contribution in [3.8, 4) is 0 Å². The van der Waals surface area contributed by atoms with E-state index in [4.69, 9.17) is 0 Å². The van der Waals surface area contributed by atoms with Crippen molar-refractivity contribution in [3.05, 3.63) is 18.2 Å². The first-order valence-electron chi connectivity index (χ1n) is 4.23. The van der Waals surface area contributed by atoms with Crippen LogP contribution in [-0.2, 0) is 17.7 Å². The van der Waals surface area contributed by atoms with Crippen LogP contribution in [0, 0.1) is 0 Å². The monoisotopic (exact) mass is 208 g/mol. The predicted molar refractivity (Wildman–Crippen MR) is 43.6 cm³/mol. The zero-order valence-corrected chi connectivity index (χ0v) is 7.71. The van der Waals surface area contributed by atoms with Gasteiger partial charge in [-0.3, -0.25) is 4.74 Å². The molecule has 0 aromatic carbocycles. The molecule has 1 rings (SSSR count). The highest BCUT2D eigenvalue weighted by Crippen LogP contribution is 2.15. The van der Waals surface area contributed by atoms with Gasteiger partial charge in [0.15, 0.2) is 0 Å². The number of hydrogen-bond acceptors (Lipinski definition) is 2. The minimum Gasteiger partial charge on any atom is -0.333 e. The van der Waals surface area contributed by atoms with E-state index in [1.54, 1.807) is 17.0 Å². The van der Waals surface area contributed by atoms with Crippen molar-refractivity contribution in [2.45, 2.75) is 26.3 Å². The minimum absolute atomic E-state index is 0.169. The average Bonchev–Trinajstić information content (AvgIpc) is 2.49. The molecule has 80 valence electrons. The van der Waals surface area contributed by atoms with Crippen LogP contribution < -0.4 is 0 Å². The summed E-state index contributed by atoms with van der Waals surface area (Å²) >= 11 is 0. The zero-order valence-electron chi connectivity index (χ0n) is 7.71. The summed E-state index contributed by atoms with van der Waals surface area (Å²) in [5.41, 5.74) is 0. The molecule has 14 heavy (non-hydrogen) atoms. The van der Waals surface area contributed by atoms with Crippen LogP contribution in [0.5, 0.6) is 0 Å². The Morgan fingerprint density at radius 1 is 1.50 bits per heavy atom. The molecule has 0 aliphatic rings. The molecule has 0 aliphatic heterocycles. The molecule has 6 heteroatoms. The van der Waals surface area contributed by atoms with Crippen LogP contribution in [0.4, 0.5) is 13.2 Å². The van der Waals surface area contributed by atoms with Gasteiger partial charge in [0.25, 0.3) is 0 Å². The third-order valence-electron chi connectivity index (χ3n) is 1.72. The fraction of sp³-hybridized carbons (Fsp3) is 0.625. The van der Waals surface area contributed by atoms with Gasteiger partial charge in [0.05, 0.1) is 6.61 Å². The summed E-state index contributed by atoms with van der Waals surface area (Å²) in [4.78, 5) is 3.98. The summed E-state index contributed by atoms with van der Waals surface area (Å²) in [6.07, 6.45) is -0.656. The zero-order chi connectivity index (χ0) is 10.6. The number of ether oxygens (including phenoxy) is 1. The Labute approximate surface area is 79.5 Å². The third-order valence-corrected chi connectivity index (χ3v) is 1.72. The molecule has 0 N–H and O–H groups in total. The largest absolute Gasteiger partial charge is 0.522 e. The summed E-state index contributed by atoms with van der Waals surface area (Å²) < 4.78 is 40.2. The Hall–Kier alpha value is -1.04. The highest BCUT2D eigenvalue weighted by molar-refractivity contribution is 4.91. The van der Waals surface area contributed by atoms with Crippen molar-refractivity contribution >= 4 is 0 Å². The maximum Gasteiger partial charge on any atom is 0.522 e. The van der Waals surface area contributed by atoms with Crippen LogP contribution in [0.25, 0.3) is 0 Å². The molecule has 0 amide bonds. The van der Waals surface area contributed by atoms with Crippen molar-refractivity contribution in [3.63, 3.8) is 0 Å². The third kappa shape index (κ3) is 3.37. The van der Waals surface area contributed by atoms with Crippen LogP contribution >= 0.6 is 0 Å². The second-order valence-corrected chi connectivity index (χ2v) is 2.68. The first kappa shape index (κ1) is 11.0. The minimum atomic E-state index is -4.55. The molecule has 0 spiro atoms. The number of rotatable bonds is 4. The maximum absolute atomic E-state index is 11.6. The van der Waals surface area contributed by atoms with Gasteiger partial charge in [0.1, 0.15) is 5.82 Å². The Morgan fingerprint density at radius 3 is 2.79 bits per heavy atom. The Balaban J connectivity index is 2.38. The van der Waals surface area contributed by atoms with Gasteiger partial charge < -0.3 is 4.57 Å². The van der Waals surface area contributed by atoms with Crippen molar-refractivity contribution in [2.24, 2.45) is 0 Å². The molecule has 0 aliphatic carbocycles. The molecule has 0 bridgehead atoms. The van der Waals surface area contributed by atoms with Gasteiger partial charge in [-0.25, -0.2) is 4.98 Å². The molecule has 1 aromatic heterocycles. The van der Waals surface area contributed by atoms with Crippen LogP contribution in [0.1, 0.15) is 12.7 Å². The average molecular weight is 208 g/mol. The fourth-order valence-corrected chi connectivity index (χ4v) is 1.12. The van der Waals surface area contributed by atoms with Crippen LogP contribution in [-0.4, -0.2) is 22.5 Å². The van der Waals surface area contributed by atoms with Gasteiger partial charge in [0, 0.05) is 25.4 Å². The molecule has 0 radical (unpaired) electrons. The lowest BCUT2D eigenvalue weighted by atomic mass is 10.4. The predicted octanol–water partition coefficient (Wildman–Crippen LogP) is 1.98. The SMILES string of the molecule is CCc1nccn1CCOC(F)(F)F. The normalized spacial score (nSPS) is 12.0. The van der Waals surface area contributed by atoms with Crippen molar-refractivity contribution < 1.29 is 17.9 Å². The van der Waals surface area contributed by atoms with E-state index >= 15 is 0 Å². The van der Waals surface area contributed by atoms with E-state index in [2.05, 4.69) is 9.72 Å². The topological polar surface area (TPSA) is 27.1 Å². The summed E-state index contributed by atoms with van der Waals surface area (Å²) in [7, 11) is 0. The highest BCUT2D eigenvalue weighted by atomic mass is 19.4. The molecule has 1 heterocycles. The number of nitrogens with zero attached hydrogens (tertiary/aromatic N) is 2. The summed E-state index contributed by atoms with van der Waals surface area (Å²) in [6, 6.07) is 0. The van der Waals surface area contributed by atoms with Crippen molar-refractivity contribution in [1.29, 1.82) is 0 Å². The van der Waals surface area contributed by atoms with E-state index in [1.165, 1.54) is 0 Å². The lowest BCUT2D eigenvalue weighted by Crippen LogP contribution is -2.17. The first-order chi connectivity index (χ1) is 6.53. The summed E-state index contributed by atoms with van der Waals surface area (Å²) in [6.45, 7) is 1.68. The highest BCUT2D eigenvalue weighted by Gasteiger charge is 2.28. The van der Waals surface area contributed by atoms with E-state index in [9.17, 15) is 13.2 Å². The molecule has 0 fully saturated rings. The number of imidazole rings is 1. The lowest BCUT2D eigenvalue weighted by Gasteiger charge is -2.09. The molecule has 0 saturated heterocycles. The molecular formula is C8H11F3N2O. The number of alkyl halides is 3. The number of aromatic nitrogens is 2. The molecule has 0 unspecified atom stereocenters. The molecular weight excluding hydrogens is 197 g/mol. The number of hydrogen-bond donors (Lipinski definition) is 0. The quantitative estimate of drug-likeness (QED) is 0.756. The first-order valence-corrected chi connectivity index (χ1v) is 4.23. The van der Waals surface area contributed by atoms with Crippen molar-refractivity contribution in [2.75, 3.05) is 6.61 Å².